The molecule has 2 aliphatic rings. The number of nitrogens with one attached hydrogen (secondary N) is 2. The summed E-state index contributed by atoms with van der Waals surface area (Å²) in [5.41, 5.74) is 3.63. The molecule has 0 saturated heterocycles. The lowest BCUT2D eigenvalue weighted by Crippen LogP contribution is -2.42. The molecule has 1 unspecified atom stereocenters. The molecule has 1 amide bonds. The summed E-state index contributed by atoms with van der Waals surface area (Å²) in [5, 5.41) is 6.57. The van der Waals surface area contributed by atoms with Crippen molar-refractivity contribution >= 4 is 23.1 Å². The summed E-state index contributed by atoms with van der Waals surface area (Å²) >= 11 is 0. The van der Waals surface area contributed by atoms with E-state index >= 15 is 0 Å². The van der Waals surface area contributed by atoms with E-state index < -0.39 is 6.04 Å². The van der Waals surface area contributed by atoms with E-state index in [4.69, 9.17) is 18.9 Å². The van der Waals surface area contributed by atoms with Crippen molar-refractivity contribution in [3.63, 3.8) is 0 Å². The number of anilines is 2. The number of amides is 1. The second-order valence-electron chi connectivity index (χ2n) is 10.7. The Hall–Kier alpha value is -3.72. The molecule has 0 spiro atoms. The van der Waals surface area contributed by atoms with E-state index in [2.05, 4.69) is 24.5 Å². The summed E-state index contributed by atoms with van der Waals surface area (Å²) in [7, 11) is 6.36. The molecule has 0 saturated carbocycles. The van der Waals surface area contributed by atoms with Gasteiger partial charge in [0.15, 0.2) is 17.3 Å². The summed E-state index contributed by atoms with van der Waals surface area (Å²) in [6, 6.07) is 10.8. The number of Topliss-reactive ketones (excluding diaryl/α,β-unsaturated/α-hetero) is 1. The minimum absolute atomic E-state index is 0.0291. The highest BCUT2D eigenvalue weighted by atomic mass is 16.5. The lowest BCUT2D eigenvalue weighted by Gasteiger charge is -2.38. The van der Waals surface area contributed by atoms with Gasteiger partial charge in [-0.1, -0.05) is 26.0 Å². The van der Waals surface area contributed by atoms with E-state index in [0.717, 1.165) is 17.1 Å². The molecule has 1 aliphatic carbocycles. The van der Waals surface area contributed by atoms with Crippen LogP contribution in [0.15, 0.2) is 47.7 Å². The van der Waals surface area contributed by atoms with E-state index in [0.29, 0.717) is 60.8 Å². The second-order valence-corrected chi connectivity index (χ2v) is 10.7. The van der Waals surface area contributed by atoms with Crippen LogP contribution in [0.25, 0.3) is 0 Å². The number of carbonyl (C=O) groups excluding carboxylic acids is 2. The van der Waals surface area contributed by atoms with Crippen molar-refractivity contribution in [2.45, 2.75) is 39.2 Å². The van der Waals surface area contributed by atoms with Crippen molar-refractivity contribution in [1.82, 2.24) is 5.32 Å². The highest BCUT2D eigenvalue weighted by molar-refractivity contribution is 6.02. The quantitative estimate of drug-likeness (QED) is 0.428. The van der Waals surface area contributed by atoms with Crippen LogP contribution in [0.3, 0.4) is 0 Å². The predicted octanol–water partition coefficient (Wildman–Crippen LogP) is 4.48. The molecule has 9 nitrogen and oxygen atoms in total. The third kappa shape index (κ3) is 5.98. The third-order valence-electron chi connectivity index (χ3n) is 7.20. The first-order chi connectivity index (χ1) is 18.7. The molecule has 1 atom stereocenters. The molecule has 1 heterocycles. The Bertz CT molecular complexity index is 1260. The summed E-state index contributed by atoms with van der Waals surface area (Å²) in [6.07, 6.45) is 1.79. The number of rotatable bonds is 10. The van der Waals surface area contributed by atoms with Crippen LogP contribution < -0.4 is 29.7 Å². The van der Waals surface area contributed by atoms with Gasteiger partial charge in [0.25, 0.3) is 0 Å². The van der Waals surface area contributed by atoms with E-state index in [1.807, 2.05) is 35.2 Å². The van der Waals surface area contributed by atoms with Crippen LogP contribution in [-0.2, 0) is 14.3 Å². The van der Waals surface area contributed by atoms with Crippen LogP contribution in [0.5, 0.6) is 17.2 Å². The lowest BCUT2D eigenvalue weighted by molar-refractivity contribution is -0.120. The molecule has 210 valence electrons. The molecule has 0 aromatic heterocycles. The lowest BCUT2D eigenvalue weighted by atomic mass is 9.73. The molecule has 0 bridgehead atoms. The van der Waals surface area contributed by atoms with Crippen LogP contribution in [0.2, 0.25) is 0 Å². The van der Waals surface area contributed by atoms with Gasteiger partial charge in [0.05, 0.1) is 45.3 Å². The predicted molar refractivity (Wildman–Crippen MR) is 151 cm³/mol. The maximum absolute atomic E-state index is 13.9. The molecule has 2 aromatic carbocycles. The Morgan fingerprint density at radius 3 is 2.41 bits per heavy atom. The fourth-order valence-electron chi connectivity index (χ4n) is 5.47. The number of carbonyl (C=O) groups is 2. The Morgan fingerprint density at radius 2 is 1.72 bits per heavy atom. The molecular weight excluding hydrogens is 498 g/mol. The van der Waals surface area contributed by atoms with Crippen molar-refractivity contribution in [2.75, 3.05) is 58.4 Å². The minimum Gasteiger partial charge on any atom is -0.496 e. The van der Waals surface area contributed by atoms with Gasteiger partial charge in [-0.2, -0.15) is 0 Å². The van der Waals surface area contributed by atoms with Gasteiger partial charge < -0.3 is 34.5 Å². The highest BCUT2D eigenvalue weighted by Crippen LogP contribution is 2.51. The smallest absolute Gasteiger partial charge is 0.239 e. The van der Waals surface area contributed by atoms with Crippen LogP contribution >= 0.6 is 0 Å². The van der Waals surface area contributed by atoms with Gasteiger partial charge in [-0.25, -0.2) is 0 Å². The molecular formula is C30H39N3O6. The number of para-hydroxylation sites is 2. The zero-order valence-electron chi connectivity index (χ0n) is 23.7. The molecule has 2 aromatic rings. The zero-order valence-corrected chi connectivity index (χ0v) is 23.7. The molecule has 39 heavy (non-hydrogen) atoms. The van der Waals surface area contributed by atoms with Crippen LogP contribution in [0.1, 0.15) is 44.7 Å². The van der Waals surface area contributed by atoms with E-state index in [-0.39, 0.29) is 23.7 Å². The Labute approximate surface area is 230 Å². The van der Waals surface area contributed by atoms with E-state index in [9.17, 15) is 9.59 Å². The van der Waals surface area contributed by atoms with Crippen molar-refractivity contribution in [2.24, 2.45) is 5.41 Å². The molecule has 4 rings (SSSR count). The molecule has 9 heteroatoms. The maximum Gasteiger partial charge on any atom is 0.239 e. The van der Waals surface area contributed by atoms with Gasteiger partial charge in [-0.3, -0.25) is 9.59 Å². The van der Waals surface area contributed by atoms with E-state index in [1.165, 1.54) is 0 Å². The maximum atomic E-state index is 13.9. The van der Waals surface area contributed by atoms with Crippen LogP contribution in [0, 0.1) is 5.41 Å². The monoisotopic (exact) mass is 537 g/mol. The summed E-state index contributed by atoms with van der Waals surface area (Å²) in [4.78, 5) is 29.2. The van der Waals surface area contributed by atoms with Gasteiger partial charge in [-0.05, 0) is 36.5 Å². The van der Waals surface area contributed by atoms with Gasteiger partial charge >= 0.3 is 0 Å². The van der Waals surface area contributed by atoms with E-state index in [1.54, 1.807) is 34.5 Å². The number of fused-ring (bicyclic) bond motifs is 1. The number of ether oxygens (including phenoxy) is 4. The average Bonchev–Trinajstić information content (AvgIpc) is 3.04. The number of benzene rings is 2. The normalized spacial score (nSPS) is 17.9. The number of methoxy groups -OCH3 is 4. The first kappa shape index (κ1) is 28.3. The topological polar surface area (TPSA) is 98.4 Å². The number of allylic oxidation sites excluding steroid dienone is 1. The van der Waals surface area contributed by atoms with Crippen molar-refractivity contribution in [3.8, 4) is 17.2 Å². The zero-order chi connectivity index (χ0) is 28.2. The fraction of sp³-hybridized carbons (Fsp3) is 0.467. The first-order valence-electron chi connectivity index (χ1n) is 13.2. The van der Waals surface area contributed by atoms with Crippen molar-refractivity contribution < 1.29 is 28.5 Å². The average molecular weight is 538 g/mol. The second kappa shape index (κ2) is 12.0. The van der Waals surface area contributed by atoms with Gasteiger partial charge in [0.2, 0.25) is 5.91 Å². The summed E-state index contributed by atoms with van der Waals surface area (Å²) in [6.45, 7) is 5.28. The van der Waals surface area contributed by atoms with Crippen LogP contribution in [-0.4, -0.2) is 59.8 Å². The van der Waals surface area contributed by atoms with Gasteiger partial charge in [0.1, 0.15) is 5.75 Å². The first-order valence-corrected chi connectivity index (χ1v) is 13.2. The number of nitrogens with zero attached hydrogens (tertiary/aromatic N) is 1. The molecule has 1 aliphatic heterocycles. The Morgan fingerprint density at radius 1 is 1.03 bits per heavy atom. The highest BCUT2D eigenvalue weighted by Gasteiger charge is 2.43. The number of hydrogen-bond acceptors (Lipinski definition) is 8. The largest absolute Gasteiger partial charge is 0.496 e. The SMILES string of the molecule is COCCCNC(=O)CN1c2ccccc2NC2=C(C(=O)CC(C)(C)C2)C1c1cc(OC)c(OC)cc1OC. The van der Waals surface area contributed by atoms with Crippen LogP contribution in [0.4, 0.5) is 11.4 Å². The standard InChI is InChI=1S/C30H39N3O6/c1-30(2)16-21-28(23(34)17-30)29(19-14-25(38-5)26(39-6)15-24(19)37-4)33(18-27(35)31-12-9-13-36-3)22-11-8-7-10-20(22)32-21/h7-8,10-11,14-15,29,32H,9,12-13,16-18H2,1-6H3,(H,31,35). The fourth-order valence-corrected chi connectivity index (χ4v) is 5.47. The molecule has 0 radical (unpaired) electrons. The molecule has 0 fully saturated rings. The van der Waals surface area contributed by atoms with Gasteiger partial charge in [-0.15, -0.1) is 0 Å². The Balaban J connectivity index is 1.92. The Kier molecular flexibility index (Phi) is 8.70. The summed E-state index contributed by atoms with van der Waals surface area (Å²) in [5.74, 6) is 1.44. The number of ketones is 1. The summed E-state index contributed by atoms with van der Waals surface area (Å²) < 4.78 is 22.1. The third-order valence-corrected chi connectivity index (χ3v) is 7.20. The molecule has 2 N–H and O–H groups in total. The van der Waals surface area contributed by atoms with Crippen molar-refractivity contribution in [3.05, 3.63) is 53.2 Å². The minimum atomic E-state index is -0.612. The van der Waals surface area contributed by atoms with Crippen molar-refractivity contribution in [1.29, 1.82) is 0 Å². The number of hydrogen-bond donors (Lipinski definition) is 2. The van der Waals surface area contributed by atoms with Gasteiger partial charge in [0, 0.05) is 49.6 Å².